The number of nitrogens with zero attached hydrogens (tertiary/aromatic N) is 1. The Bertz CT molecular complexity index is 554. The quantitative estimate of drug-likeness (QED) is 0.659. The molecule has 0 saturated carbocycles. The molecule has 1 aromatic heterocycles. The largest absolute Gasteiger partial charge is 0.417 e. The third-order valence-electron chi connectivity index (χ3n) is 2.69. The average molecular weight is 248 g/mol. The number of rotatable bonds is 0. The summed E-state index contributed by atoms with van der Waals surface area (Å²) in [5, 5.41) is 0.522. The number of aromatic nitrogens is 1. The zero-order chi connectivity index (χ0) is 12.1. The molecule has 1 aromatic carbocycles. The van der Waals surface area contributed by atoms with E-state index in [1.807, 2.05) is 0 Å². The fourth-order valence-electron chi connectivity index (χ4n) is 1.91. The summed E-state index contributed by atoms with van der Waals surface area (Å²) in [6.45, 7) is 1.60. The summed E-state index contributed by atoms with van der Waals surface area (Å²) in [5.41, 5.74) is 0.328. The first-order valence-electron chi connectivity index (χ1n) is 4.64. The van der Waals surface area contributed by atoms with Crippen molar-refractivity contribution in [2.45, 2.75) is 13.1 Å². The van der Waals surface area contributed by atoms with E-state index in [9.17, 15) is 13.2 Å². The maximum absolute atomic E-state index is 12.8. The Balaban J connectivity index is 2.93. The van der Waals surface area contributed by atoms with Crippen LogP contribution in [0.15, 0.2) is 18.2 Å². The van der Waals surface area contributed by atoms with Gasteiger partial charge in [-0.3, -0.25) is 0 Å². The van der Waals surface area contributed by atoms with Gasteiger partial charge in [0, 0.05) is 18.0 Å². The standard InChI is InChI=1S/C11H9ClF3N/c1-6-9-7(11(13,14)15)4-3-5-8(9)16(2)10(6)12/h3-5H,1-2H3. The minimum atomic E-state index is -4.35. The Morgan fingerprint density at radius 2 is 1.88 bits per heavy atom. The zero-order valence-electron chi connectivity index (χ0n) is 8.69. The van der Waals surface area contributed by atoms with Gasteiger partial charge in [0.25, 0.3) is 0 Å². The van der Waals surface area contributed by atoms with Gasteiger partial charge in [-0.15, -0.1) is 0 Å². The lowest BCUT2D eigenvalue weighted by atomic mass is 10.1. The predicted octanol–water partition coefficient (Wildman–Crippen LogP) is 4.16. The summed E-state index contributed by atoms with van der Waals surface area (Å²) in [7, 11) is 1.65. The molecule has 0 aliphatic heterocycles. The smallest absolute Gasteiger partial charge is 0.335 e. The first-order chi connectivity index (χ1) is 7.34. The van der Waals surface area contributed by atoms with Crippen LogP contribution in [0, 0.1) is 6.92 Å². The molecular weight excluding hydrogens is 239 g/mol. The second-order valence-electron chi connectivity index (χ2n) is 3.67. The van der Waals surface area contributed by atoms with Crippen LogP contribution in [0.1, 0.15) is 11.1 Å². The second kappa shape index (κ2) is 3.42. The van der Waals surface area contributed by atoms with E-state index in [2.05, 4.69) is 0 Å². The van der Waals surface area contributed by atoms with Crippen molar-refractivity contribution in [2.75, 3.05) is 0 Å². The van der Waals surface area contributed by atoms with Crippen molar-refractivity contribution in [2.24, 2.45) is 7.05 Å². The van der Waals surface area contributed by atoms with Crippen LogP contribution < -0.4 is 0 Å². The molecule has 0 unspecified atom stereocenters. The third kappa shape index (κ3) is 1.48. The van der Waals surface area contributed by atoms with Gasteiger partial charge in [-0.1, -0.05) is 17.7 Å². The fourth-order valence-corrected chi connectivity index (χ4v) is 2.10. The molecule has 0 N–H and O–H groups in total. The molecule has 1 heterocycles. The molecule has 1 nitrogen and oxygen atoms in total. The van der Waals surface area contributed by atoms with Crippen molar-refractivity contribution < 1.29 is 13.2 Å². The topological polar surface area (TPSA) is 4.93 Å². The highest BCUT2D eigenvalue weighted by atomic mass is 35.5. The second-order valence-corrected chi connectivity index (χ2v) is 4.03. The zero-order valence-corrected chi connectivity index (χ0v) is 9.45. The van der Waals surface area contributed by atoms with E-state index in [0.717, 1.165) is 6.07 Å². The van der Waals surface area contributed by atoms with E-state index < -0.39 is 11.7 Å². The molecule has 0 aliphatic carbocycles. The fraction of sp³-hybridized carbons (Fsp3) is 0.273. The van der Waals surface area contributed by atoms with Gasteiger partial charge in [-0.25, -0.2) is 0 Å². The van der Waals surface area contributed by atoms with Crippen LogP contribution in [0.2, 0.25) is 5.15 Å². The Kier molecular flexibility index (Phi) is 2.42. The monoisotopic (exact) mass is 247 g/mol. The van der Waals surface area contributed by atoms with E-state index in [-0.39, 0.29) is 5.39 Å². The predicted molar refractivity (Wildman–Crippen MR) is 57.7 cm³/mol. The first-order valence-corrected chi connectivity index (χ1v) is 5.02. The lowest BCUT2D eigenvalue weighted by molar-refractivity contribution is -0.136. The number of halogens is 4. The van der Waals surface area contributed by atoms with Crippen LogP contribution in [0.5, 0.6) is 0 Å². The van der Waals surface area contributed by atoms with Crippen LogP contribution in [0.25, 0.3) is 10.9 Å². The molecule has 2 aromatic rings. The van der Waals surface area contributed by atoms with Crippen LogP contribution in [0.3, 0.4) is 0 Å². The van der Waals surface area contributed by atoms with Crippen molar-refractivity contribution in [3.63, 3.8) is 0 Å². The molecule has 0 radical (unpaired) electrons. The number of hydrogen-bond acceptors (Lipinski definition) is 0. The van der Waals surface area contributed by atoms with Gasteiger partial charge in [0.05, 0.1) is 5.56 Å². The Morgan fingerprint density at radius 1 is 1.25 bits per heavy atom. The molecule has 16 heavy (non-hydrogen) atoms. The van der Waals surface area contributed by atoms with Crippen molar-refractivity contribution >= 4 is 22.5 Å². The minimum absolute atomic E-state index is 0.183. The number of aryl methyl sites for hydroxylation is 2. The SMILES string of the molecule is Cc1c(Cl)n(C)c2cccc(C(F)(F)F)c12. The van der Waals surface area contributed by atoms with Crippen molar-refractivity contribution in [1.82, 2.24) is 4.57 Å². The Hall–Kier alpha value is -1.16. The van der Waals surface area contributed by atoms with Gasteiger partial charge in [0.1, 0.15) is 5.15 Å². The van der Waals surface area contributed by atoms with E-state index in [1.54, 1.807) is 24.6 Å². The van der Waals surface area contributed by atoms with Gasteiger partial charge < -0.3 is 4.57 Å². The van der Waals surface area contributed by atoms with Crippen LogP contribution in [-0.2, 0) is 13.2 Å². The molecular formula is C11H9ClF3N. The molecule has 0 bridgehead atoms. The molecule has 86 valence electrons. The highest BCUT2D eigenvalue weighted by molar-refractivity contribution is 6.32. The van der Waals surface area contributed by atoms with Gasteiger partial charge in [-0.2, -0.15) is 13.2 Å². The number of fused-ring (bicyclic) bond motifs is 1. The summed E-state index contributed by atoms with van der Waals surface area (Å²) in [4.78, 5) is 0. The number of hydrogen-bond donors (Lipinski definition) is 0. The van der Waals surface area contributed by atoms with Crippen LogP contribution in [-0.4, -0.2) is 4.57 Å². The van der Waals surface area contributed by atoms with Crippen LogP contribution in [0.4, 0.5) is 13.2 Å². The summed E-state index contributed by atoms with van der Waals surface area (Å²) in [6, 6.07) is 4.09. The van der Waals surface area contributed by atoms with Crippen molar-refractivity contribution in [3.8, 4) is 0 Å². The van der Waals surface area contributed by atoms with E-state index in [1.165, 1.54) is 6.07 Å². The van der Waals surface area contributed by atoms with Crippen molar-refractivity contribution in [1.29, 1.82) is 0 Å². The average Bonchev–Trinajstić information content (AvgIpc) is 2.43. The van der Waals surface area contributed by atoms with Gasteiger partial charge in [-0.05, 0) is 24.6 Å². The lowest BCUT2D eigenvalue weighted by Gasteiger charge is -2.08. The van der Waals surface area contributed by atoms with E-state index >= 15 is 0 Å². The Morgan fingerprint density at radius 3 is 2.44 bits per heavy atom. The number of benzene rings is 1. The molecule has 0 fully saturated rings. The van der Waals surface area contributed by atoms with E-state index in [0.29, 0.717) is 16.2 Å². The maximum Gasteiger partial charge on any atom is 0.417 e. The normalized spacial score (nSPS) is 12.4. The molecule has 0 spiro atoms. The van der Waals surface area contributed by atoms with Gasteiger partial charge >= 0.3 is 6.18 Å². The summed E-state index contributed by atoms with van der Waals surface area (Å²) >= 11 is 5.94. The molecule has 5 heteroatoms. The third-order valence-corrected chi connectivity index (χ3v) is 3.23. The highest BCUT2D eigenvalue weighted by Crippen LogP contribution is 2.39. The highest BCUT2D eigenvalue weighted by Gasteiger charge is 2.34. The molecule has 0 amide bonds. The summed E-state index contributed by atoms with van der Waals surface area (Å²) < 4.78 is 39.9. The molecule has 0 saturated heterocycles. The first kappa shape index (κ1) is 11.3. The van der Waals surface area contributed by atoms with Gasteiger partial charge in [0.2, 0.25) is 0 Å². The number of alkyl halides is 3. The molecule has 0 aliphatic rings. The summed E-state index contributed by atoms with van der Waals surface area (Å²) in [5.74, 6) is 0. The lowest BCUT2D eigenvalue weighted by Crippen LogP contribution is -2.05. The summed E-state index contributed by atoms with van der Waals surface area (Å²) in [6.07, 6.45) is -4.35. The minimum Gasteiger partial charge on any atom is -0.335 e. The molecule has 2 rings (SSSR count). The van der Waals surface area contributed by atoms with Crippen molar-refractivity contribution in [3.05, 3.63) is 34.5 Å². The van der Waals surface area contributed by atoms with E-state index in [4.69, 9.17) is 11.6 Å². The van der Waals surface area contributed by atoms with Crippen LogP contribution >= 0.6 is 11.6 Å². The maximum atomic E-state index is 12.8. The molecule has 0 atom stereocenters. The Labute approximate surface area is 95.4 Å². The van der Waals surface area contributed by atoms with Gasteiger partial charge in [0.15, 0.2) is 0 Å².